The van der Waals surface area contributed by atoms with E-state index in [-0.39, 0.29) is 12.4 Å². The number of ketones is 1. The quantitative estimate of drug-likeness (QED) is 0.373. The van der Waals surface area contributed by atoms with Crippen LogP contribution < -0.4 is 4.74 Å². The lowest BCUT2D eigenvalue weighted by atomic mass is 10.1. The molecule has 18 heavy (non-hydrogen) atoms. The van der Waals surface area contributed by atoms with Gasteiger partial charge in [-0.15, -0.1) is 0 Å². The van der Waals surface area contributed by atoms with Gasteiger partial charge in [-0.3, -0.25) is 4.79 Å². The summed E-state index contributed by atoms with van der Waals surface area (Å²) in [6.45, 7) is 1.71. The van der Waals surface area contributed by atoms with E-state index in [4.69, 9.17) is 4.74 Å². The van der Waals surface area contributed by atoms with Crippen LogP contribution in [0.5, 0.6) is 5.75 Å². The Balaban J connectivity index is 2.81. The van der Waals surface area contributed by atoms with Crippen molar-refractivity contribution in [1.29, 1.82) is 0 Å². The van der Waals surface area contributed by atoms with Crippen molar-refractivity contribution in [2.45, 2.75) is 6.92 Å². The molecular formula is C13H14O5. The smallest absolute Gasteiger partial charge is 0.379 e. The fraction of sp³-hybridized carbons (Fsp3) is 0.231. The second kappa shape index (κ2) is 6.44. The van der Waals surface area contributed by atoms with E-state index in [0.717, 1.165) is 6.08 Å². The Morgan fingerprint density at radius 2 is 1.89 bits per heavy atom. The number of carbonyl (C=O) groups excluding carboxylic acids is 2. The van der Waals surface area contributed by atoms with Crippen LogP contribution in [0.25, 0.3) is 5.76 Å². The van der Waals surface area contributed by atoms with Crippen molar-refractivity contribution < 1.29 is 24.2 Å². The van der Waals surface area contributed by atoms with E-state index in [1.54, 1.807) is 31.2 Å². The average molecular weight is 250 g/mol. The zero-order valence-electron chi connectivity index (χ0n) is 10.2. The number of aliphatic hydroxyl groups excluding tert-OH is 1. The van der Waals surface area contributed by atoms with Crippen LogP contribution in [0.2, 0.25) is 0 Å². The van der Waals surface area contributed by atoms with Gasteiger partial charge in [0.05, 0.1) is 13.7 Å². The number of aliphatic hydroxyl groups is 1. The monoisotopic (exact) mass is 250 g/mol. The molecule has 0 saturated carbocycles. The zero-order chi connectivity index (χ0) is 13.5. The Hall–Kier alpha value is -2.30. The highest BCUT2D eigenvalue weighted by atomic mass is 16.5. The van der Waals surface area contributed by atoms with Crippen molar-refractivity contribution in [3.63, 3.8) is 0 Å². The molecule has 0 bridgehead atoms. The first kappa shape index (κ1) is 13.8. The SMILES string of the molecule is CCOC(=O)C(=O)C=C(O)c1ccc(OC)cc1. The number of esters is 1. The van der Waals surface area contributed by atoms with Crippen molar-refractivity contribution in [1.82, 2.24) is 0 Å². The summed E-state index contributed by atoms with van der Waals surface area (Å²) in [6, 6.07) is 6.41. The van der Waals surface area contributed by atoms with Crippen molar-refractivity contribution >= 4 is 17.5 Å². The van der Waals surface area contributed by atoms with Crippen LogP contribution in [0.3, 0.4) is 0 Å². The molecule has 5 heteroatoms. The topological polar surface area (TPSA) is 72.8 Å². The van der Waals surface area contributed by atoms with Gasteiger partial charge in [-0.25, -0.2) is 4.79 Å². The zero-order valence-corrected chi connectivity index (χ0v) is 10.2. The number of ether oxygens (including phenoxy) is 2. The molecule has 96 valence electrons. The second-order valence-corrected chi connectivity index (χ2v) is 3.34. The summed E-state index contributed by atoms with van der Waals surface area (Å²) in [7, 11) is 1.52. The molecule has 1 aromatic carbocycles. The maximum Gasteiger partial charge on any atom is 0.379 e. The molecule has 0 aromatic heterocycles. The minimum Gasteiger partial charge on any atom is -0.507 e. The summed E-state index contributed by atoms with van der Waals surface area (Å²) in [5.74, 6) is -1.55. The summed E-state index contributed by atoms with van der Waals surface area (Å²) in [5.41, 5.74) is 0.411. The lowest BCUT2D eigenvalue weighted by Gasteiger charge is -2.02. The Morgan fingerprint density at radius 3 is 2.39 bits per heavy atom. The van der Waals surface area contributed by atoms with Crippen molar-refractivity contribution in [2.24, 2.45) is 0 Å². The van der Waals surface area contributed by atoms with Gasteiger partial charge in [-0.2, -0.15) is 0 Å². The number of rotatable bonds is 5. The molecule has 1 aromatic rings. The number of hydrogen-bond donors (Lipinski definition) is 1. The summed E-state index contributed by atoms with van der Waals surface area (Å²) < 4.78 is 9.47. The lowest BCUT2D eigenvalue weighted by Crippen LogP contribution is -2.15. The van der Waals surface area contributed by atoms with E-state index in [2.05, 4.69) is 4.74 Å². The number of benzene rings is 1. The van der Waals surface area contributed by atoms with Crippen molar-refractivity contribution in [3.8, 4) is 5.75 Å². The first-order valence-electron chi connectivity index (χ1n) is 5.34. The average Bonchev–Trinajstić information content (AvgIpc) is 2.39. The highest BCUT2D eigenvalue weighted by Gasteiger charge is 2.13. The van der Waals surface area contributed by atoms with Crippen molar-refractivity contribution in [3.05, 3.63) is 35.9 Å². The third-order valence-electron chi connectivity index (χ3n) is 2.13. The summed E-state index contributed by atoms with van der Waals surface area (Å²) in [5, 5.41) is 9.66. The van der Waals surface area contributed by atoms with Crippen LogP contribution in [-0.4, -0.2) is 30.6 Å². The molecule has 0 aliphatic carbocycles. The molecule has 0 amide bonds. The van der Waals surface area contributed by atoms with Crippen molar-refractivity contribution in [2.75, 3.05) is 13.7 Å². The molecule has 0 unspecified atom stereocenters. The maximum absolute atomic E-state index is 11.3. The van der Waals surface area contributed by atoms with Gasteiger partial charge < -0.3 is 14.6 Å². The van der Waals surface area contributed by atoms with Crippen LogP contribution in [0.4, 0.5) is 0 Å². The molecule has 1 rings (SSSR count). The van der Waals surface area contributed by atoms with Gasteiger partial charge in [0.15, 0.2) is 0 Å². The summed E-state index contributed by atoms with van der Waals surface area (Å²) in [4.78, 5) is 22.4. The third kappa shape index (κ3) is 3.62. The molecular weight excluding hydrogens is 236 g/mol. The molecule has 0 spiro atoms. The Kier molecular flexibility index (Phi) is 4.92. The fourth-order valence-electron chi connectivity index (χ4n) is 1.23. The Bertz CT molecular complexity index is 459. The van der Waals surface area contributed by atoms with Gasteiger partial charge in [0, 0.05) is 11.6 Å². The number of methoxy groups -OCH3 is 1. The maximum atomic E-state index is 11.3. The highest BCUT2D eigenvalue weighted by molar-refractivity contribution is 6.39. The molecule has 1 N–H and O–H groups in total. The molecule has 5 nitrogen and oxygen atoms in total. The lowest BCUT2D eigenvalue weighted by molar-refractivity contribution is -0.151. The van der Waals surface area contributed by atoms with E-state index < -0.39 is 11.8 Å². The van der Waals surface area contributed by atoms with E-state index in [0.29, 0.717) is 11.3 Å². The van der Waals surface area contributed by atoms with Gasteiger partial charge >= 0.3 is 5.97 Å². The first-order valence-corrected chi connectivity index (χ1v) is 5.34. The summed E-state index contributed by atoms with van der Waals surface area (Å²) >= 11 is 0. The molecule has 0 fully saturated rings. The van der Waals surface area contributed by atoms with E-state index >= 15 is 0 Å². The van der Waals surface area contributed by atoms with Gasteiger partial charge in [0.2, 0.25) is 0 Å². The van der Waals surface area contributed by atoms with Crippen LogP contribution in [0, 0.1) is 0 Å². The fourth-order valence-corrected chi connectivity index (χ4v) is 1.23. The van der Waals surface area contributed by atoms with Gasteiger partial charge in [-0.05, 0) is 31.2 Å². The Morgan fingerprint density at radius 1 is 1.28 bits per heavy atom. The van der Waals surface area contributed by atoms with Crippen LogP contribution in [0.1, 0.15) is 12.5 Å². The largest absolute Gasteiger partial charge is 0.507 e. The molecule has 0 saturated heterocycles. The minimum atomic E-state index is -0.988. The van der Waals surface area contributed by atoms with Gasteiger partial charge in [0.1, 0.15) is 11.5 Å². The molecule has 0 radical (unpaired) electrons. The van der Waals surface area contributed by atoms with E-state index in [1.165, 1.54) is 7.11 Å². The van der Waals surface area contributed by atoms with Crippen LogP contribution >= 0.6 is 0 Å². The van der Waals surface area contributed by atoms with Crippen LogP contribution in [-0.2, 0) is 14.3 Å². The Labute approximate surface area is 105 Å². The minimum absolute atomic E-state index is 0.113. The molecule has 0 aliphatic heterocycles. The number of carbonyl (C=O) groups is 2. The molecule has 0 aliphatic rings. The van der Waals surface area contributed by atoms with E-state index in [1.807, 2.05) is 0 Å². The highest BCUT2D eigenvalue weighted by Crippen LogP contribution is 2.16. The standard InChI is InChI=1S/C13H14O5/c1-3-18-13(16)12(15)8-11(14)9-4-6-10(17-2)7-5-9/h4-8,14H,3H2,1-2H3. The first-order chi connectivity index (χ1) is 8.58. The van der Waals surface area contributed by atoms with Gasteiger partial charge in [-0.1, -0.05) is 0 Å². The normalized spacial score (nSPS) is 10.9. The van der Waals surface area contributed by atoms with E-state index in [9.17, 15) is 14.7 Å². The number of hydrogen-bond acceptors (Lipinski definition) is 5. The predicted molar refractivity (Wildman–Crippen MR) is 65.2 cm³/mol. The molecule has 0 heterocycles. The molecule has 0 atom stereocenters. The second-order valence-electron chi connectivity index (χ2n) is 3.34. The van der Waals surface area contributed by atoms with Crippen LogP contribution in [0.15, 0.2) is 30.3 Å². The third-order valence-corrected chi connectivity index (χ3v) is 2.13. The summed E-state index contributed by atoms with van der Waals surface area (Å²) in [6.07, 6.45) is 0.833. The van der Waals surface area contributed by atoms with Gasteiger partial charge in [0.25, 0.3) is 5.78 Å². The predicted octanol–water partition coefficient (Wildman–Crippen LogP) is 1.73.